The van der Waals surface area contributed by atoms with Gasteiger partial charge >= 0.3 is 0 Å². The van der Waals surface area contributed by atoms with Crippen molar-refractivity contribution in [1.82, 2.24) is 9.97 Å². The Morgan fingerprint density at radius 1 is 1.32 bits per heavy atom. The number of hydrogen-bond donors (Lipinski definition) is 2. The largest absolute Gasteiger partial charge is 0.368 e. The van der Waals surface area contributed by atoms with Crippen LogP contribution in [0.1, 0.15) is 29.4 Å². The van der Waals surface area contributed by atoms with E-state index >= 15 is 0 Å². The Morgan fingerprint density at radius 3 is 2.79 bits per heavy atom. The van der Waals surface area contributed by atoms with Gasteiger partial charge in [0.1, 0.15) is 5.82 Å². The third kappa shape index (κ3) is 3.28. The zero-order valence-electron chi connectivity index (χ0n) is 11.0. The van der Waals surface area contributed by atoms with Gasteiger partial charge in [0.25, 0.3) is 0 Å². The van der Waals surface area contributed by atoms with Crippen LogP contribution in [0.3, 0.4) is 0 Å². The van der Waals surface area contributed by atoms with Crippen LogP contribution in [0.5, 0.6) is 0 Å². The fourth-order valence-electron chi connectivity index (χ4n) is 1.78. The lowest BCUT2D eigenvalue weighted by Crippen LogP contribution is -2.02. The summed E-state index contributed by atoms with van der Waals surface area (Å²) < 4.78 is 0. The Hall–Kier alpha value is -2.43. The summed E-state index contributed by atoms with van der Waals surface area (Å²) in [7, 11) is 0. The molecule has 0 fully saturated rings. The van der Waals surface area contributed by atoms with Crippen LogP contribution in [0.4, 0.5) is 17.5 Å². The van der Waals surface area contributed by atoms with Gasteiger partial charge in [0, 0.05) is 29.4 Å². The molecule has 98 valence electrons. The lowest BCUT2D eigenvalue weighted by atomic mass is 10.1. The lowest BCUT2D eigenvalue weighted by Gasteiger charge is -2.08. The van der Waals surface area contributed by atoms with Gasteiger partial charge in [-0.15, -0.1) is 0 Å². The molecule has 19 heavy (non-hydrogen) atoms. The Bertz CT molecular complexity index is 590. The molecule has 3 N–H and O–H groups in total. The molecule has 0 aliphatic rings. The van der Waals surface area contributed by atoms with E-state index < -0.39 is 0 Å². The molecule has 1 heterocycles. The van der Waals surface area contributed by atoms with Crippen molar-refractivity contribution in [1.29, 1.82) is 0 Å². The van der Waals surface area contributed by atoms with Crippen LogP contribution >= 0.6 is 0 Å². The summed E-state index contributed by atoms with van der Waals surface area (Å²) in [5.74, 6) is 0.955. The molecule has 1 aromatic carbocycles. The van der Waals surface area contributed by atoms with E-state index in [2.05, 4.69) is 15.3 Å². The molecule has 0 aliphatic heterocycles. The van der Waals surface area contributed by atoms with Gasteiger partial charge in [-0.2, -0.15) is 4.98 Å². The van der Waals surface area contributed by atoms with Crippen LogP contribution in [0.2, 0.25) is 0 Å². The number of nitrogen functional groups attached to an aromatic ring is 1. The van der Waals surface area contributed by atoms with Gasteiger partial charge in [-0.25, -0.2) is 4.98 Å². The third-order valence-corrected chi connectivity index (χ3v) is 2.65. The van der Waals surface area contributed by atoms with Crippen molar-refractivity contribution >= 4 is 23.2 Å². The second-order valence-corrected chi connectivity index (χ2v) is 4.24. The first-order valence-corrected chi connectivity index (χ1v) is 6.10. The van der Waals surface area contributed by atoms with Crippen molar-refractivity contribution in [2.45, 2.75) is 20.3 Å². The molecule has 2 rings (SSSR count). The van der Waals surface area contributed by atoms with Crippen molar-refractivity contribution in [2.75, 3.05) is 11.1 Å². The van der Waals surface area contributed by atoms with Crippen molar-refractivity contribution < 1.29 is 4.79 Å². The first-order valence-electron chi connectivity index (χ1n) is 6.10. The van der Waals surface area contributed by atoms with Crippen molar-refractivity contribution in [3.63, 3.8) is 0 Å². The number of nitrogens with one attached hydrogen (secondary N) is 1. The summed E-state index contributed by atoms with van der Waals surface area (Å²) in [6, 6.07) is 9.11. The molecule has 0 saturated carbocycles. The molecule has 0 bridgehead atoms. The van der Waals surface area contributed by atoms with Crippen LogP contribution in [0.15, 0.2) is 30.3 Å². The van der Waals surface area contributed by atoms with Crippen LogP contribution in [-0.2, 0) is 0 Å². The zero-order valence-corrected chi connectivity index (χ0v) is 11.0. The lowest BCUT2D eigenvalue weighted by molar-refractivity contribution is 0.0988. The van der Waals surface area contributed by atoms with E-state index in [9.17, 15) is 4.79 Å². The fraction of sp³-hybridized carbons (Fsp3) is 0.214. The summed E-state index contributed by atoms with van der Waals surface area (Å²) in [5.41, 5.74) is 7.87. The number of ketones is 1. The van der Waals surface area contributed by atoms with Gasteiger partial charge in [0.05, 0.1) is 0 Å². The SMILES string of the molecule is CCC(=O)c1cccc(Nc2cc(C)nc(N)n2)c1. The number of aromatic nitrogens is 2. The molecule has 5 nitrogen and oxygen atoms in total. The highest BCUT2D eigenvalue weighted by Gasteiger charge is 2.05. The smallest absolute Gasteiger partial charge is 0.222 e. The van der Waals surface area contributed by atoms with E-state index in [4.69, 9.17) is 5.73 Å². The molecule has 0 amide bonds. The number of nitrogens with zero attached hydrogens (tertiary/aromatic N) is 2. The maximum absolute atomic E-state index is 11.7. The number of carbonyl (C=O) groups excluding carboxylic acids is 1. The molecule has 0 atom stereocenters. The minimum atomic E-state index is 0.113. The molecular formula is C14H16N4O. The van der Waals surface area contributed by atoms with Crippen LogP contribution < -0.4 is 11.1 Å². The second kappa shape index (κ2) is 5.48. The molecule has 0 aliphatic carbocycles. The maximum Gasteiger partial charge on any atom is 0.222 e. The zero-order chi connectivity index (χ0) is 13.8. The summed E-state index contributed by atoms with van der Waals surface area (Å²) in [6.07, 6.45) is 0.489. The van der Waals surface area contributed by atoms with Gasteiger partial charge in [-0.3, -0.25) is 4.79 Å². The normalized spacial score (nSPS) is 10.2. The predicted molar refractivity (Wildman–Crippen MR) is 75.5 cm³/mol. The van der Waals surface area contributed by atoms with E-state index in [0.717, 1.165) is 11.4 Å². The third-order valence-electron chi connectivity index (χ3n) is 2.65. The van der Waals surface area contributed by atoms with E-state index in [1.165, 1.54) is 0 Å². The van der Waals surface area contributed by atoms with Crippen molar-refractivity contribution in [3.8, 4) is 0 Å². The van der Waals surface area contributed by atoms with E-state index in [1.54, 1.807) is 18.2 Å². The van der Waals surface area contributed by atoms with Crippen LogP contribution in [0.25, 0.3) is 0 Å². The highest BCUT2D eigenvalue weighted by molar-refractivity contribution is 5.96. The first kappa shape index (κ1) is 13.0. The molecular weight excluding hydrogens is 240 g/mol. The van der Waals surface area contributed by atoms with E-state index in [0.29, 0.717) is 17.8 Å². The molecule has 1 aromatic heterocycles. The highest BCUT2D eigenvalue weighted by atomic mass is 16.1. The molecule has 0 radical (unpaired) electrons. The highest BCUT2D eigenvalue weighted by Crippen LogP contribution is 2.18. The van der Waals surface area contributed by atoms with Crippen LogP contribution in [0, 0.1) is 6.92 Å². The predicted octanol–water partition coefficient (Wildman–Crippen LogP) is 2.70. The summed E-state index contributed by atoms with van der Waals surface area (Å²) >= 11 is 0. The Balaban J connectivity index is 2.25. The molecule has 0 unspecified atom stereocenters. The number of carbonyl (C=O) groups is 1. The Kier molecular flexibility index (Phi) is 3.75. The van der Waals surface area contributed by atoms with Gasteiger partial charge < -0.3 is 11.1 Å². The Morgan fingerprint density at radius 2 is 2.11 bits per heavy atom. The number of nitrogens with two attached hydrogens (primary N) is 1. The quantitative estimate of drug-likeness (QED) is 0.822. The number of anilines is 3. The molecule has 5 heteroatoms. The van der Waals surface area contributed by atoms with Crippen molar-refractivity contribution in [2.24, 2.45) is 0 Å². The molecule has 2 aromatic rings. The summed E-state index contributed by atoms with van der Waals surface area (Å²) in [5, 5.41) is 3.12. The fourth-order valence-corrected chi connectivity index (χ4v) is 1.78. The summed E-state index contributed by atoms with van der Waals surface area (Å²) in [4.78, 5) is 19.8. The van der Waals surface area contributed by atoms with Gasteiger partial charge in [-0.1, -0.05) is 19.1 Å². The standard InChI is InChI=1S/C14H16N4O/c1-3-12(19)10-5-4-6-11(8-10)17-13-7-9(2)16-14(15)18-13/h4-8H,3H2,1-2H3,(H3,15,16,17,18). The Labute approximate surface area is 111 Å². The van der Waals surface area contributed by atoms with E-state index in [-0.39, 0.29) is 11.7 Å². The number of aryl methyl sites for hydroxylation is 1. The number of rotatable bonds is 4. The number of benzene rings is 1. The molecule has 0 saturated heterocycles. The monoisotopic (exact) mass is 256 g/mol. The minimum absolute atomic E-state index is 0.113. The van der Waals surface area contributed by atoms with Gasteiger partial charge in [0.2, 0.25) is 5.95 Å². The van der Waals surface area contributed by atoms with Gasteiger partial charge in [-0.05, 0) is 19.1 Å². The average molecular weight is 256 g/mol. The number of hydrogen-bond acceptors (Lipinski definition) is 5. The van der Waals surface area contributed by atoms with E-state index in [1.807, 2.05) is 26.0 Å². The number of Topliss-reactive ketones (excluding diaryl/α,β-unsaturated/α-hetero) is 1. The summed E-state index contributed by atoms with van der Waals surface area (Å²) in [6.45, 7) is 3.69. The maximum atomic E-state index is 11.7. The average Bonchev–Trinajstić information content (AvgIpc) is 2.37. The minimum Gasteiger partial charge on any atom is -0.368 e. The molecule has 0 spiro atoms. The van der Waals surface area contributed by atoms with Crippen molar-refractivity contribution in [3.05, 3.63) is 41.6 Å². The topological polar surface area (TPSA) is 80.9 Å². The van der Waals surface area contributed by atoms with Crippen LogP contribution in [-0.4, -0.2) is 15.8 Å². The van der Waals surface area contributed by atoms with Gasteiger partial charge in [0.15, 0.2) is 5.78 Å². The second-order valence-electron chi connectivity index (χ2n) is 4.24. The first-order chi connectivity index (χ1) is 9.08.